The lowest BCUT2D eigenvalue weighted by atomic mass is 9.84. The molecule has 0 bridgehead atoms. The second kappa shape index (κ2) is 9.87. The molecule has 44 heavy (non-hydrogen) atoms. The molecule has 0 saturated carbocycles. The van der Waals surface area contributed by atoms with E-state index in [4.69, 9.17) is 0 Å². The first-order valence-corrected chi connectivity index (χ1v) is 13.0. The van der Waals surface area contributed by atoms with Crippen LogP contribution in [-0.4, -0.2) is 0 Å². The number of hydrogen-bond donors (Lipinski definition) is 0. The molecular weight excluding hydrogens is 578 g/mol. The highest BCUT2D eigenvalue weighted by atomic mass is 19.4. The van der Waals surface area contributed by atoms with Crippen LogP contribution in [0.1, 0.15) is 39.3 Å². The van der Waals surface area contributed by atoms with Crippen LogP contribution in [-0.2, 0) is 12.4 Å². The number of rotatable bonds is 2. The van der Waals surface area contributed by atoms with Gasteiger partial charge in [-0.2, -0.15) is 47.4 Å². The van der Waals surface area contributed by atoms with Crippen molar-refractivity contribution in [3.63, 3.8) is 0 Å². The van der Waals surface area contributed by atoms with Crippen LogP contribution in [0.15, 0.2) is 78.4 Å². The summed E-state index contributed by atoms with van der Waals surface area (Å²) >= 11 is 0. The Balaban J connectivity index is 1.61. The highest BCUT2D eigenvalue weighted by Crippen LogP contribution is 2.55. The maximum Gasteiger partial charge on any atom is 0.416 e. The molecule has 0 aromatic heterocycles. The molecule has 0 radical (unpaired) electrons. The SMILES string of the molecule is N#CC(C#N)=C1c2cc(-c3cc(C(F)(F)F)cc(C(F)(F)F)c3)ccc2-c2cc3c(cc21)-c1ccccc1C3C(C#N)C#N. The van der Waals surface area contributed by atoms with Gasteiger partial charge in [0.2, 0.25) is 0 Å². The summed E-state index contributed by atoms with van der Waals surface area (Å²) in [6.45, 7) is 0. The first kappa shape index (κ1) is 28.3. The highest BCUT2D eigenvalue weighted by molar-refractivity contribution is 6.06. The molecular formula is C34H14F6N4. The average Bonchev–Trinajstić information content (AvgIpc) is 3.48. The number of hydrogen-bond acceptors (Lipinski definition) is 4. The van der Waals surface area contributed by atoms with E-state index in [-0.39, 0.29) is 33.9 Å². The zero-order valence-electron chi connectivity index (χ0n) is 22.1. The van der Waals surface area contributed by atoms with Gasteiger partial charge in [0, 0.05) is 11.5 Å². The third-order valence-corrected chi connectivity index (χ3v) is 7.97. The molecule has 0 N–H and O–H groups in total. The van der Waals surface area contributed by atoms with E-state index in [9.17, 15) is 47.4 Å². The summed E-state index contributed by atoms with van der Waals surface area (Å²) in [5.74, 6) is -1.61. The number of nitrogens with zero attached hydrogens (tertiary/aromatic N) is 4. The van der Waals surface area contributed by atoms with E-state index >= 15 is 0 Å². The predicted molar refractivity (Wildman–Crippen MR) is 147 cm³/mol. The van der Waals surface area contributed by atoms with E-state index in [1.807, 2.05) is 36.4 Å². The molecule has 2 aliphatic carbocycles. The van der Waals surface area contributed by atoms with Crippen molar-refractivity contribution in [2.75, 3.05) is 0 Å². The van der Waals surface area contributed by atoms with Crippen molar-refractivity contribution in [1.82, 2.24) is 0 Å². The lowest BCUT2D eigenvalue weighted by molar-refractivity contribution is -0.143. The molecule has 0 saturated heterocycles. The van der Waals surface area contributed by atoms with Crippen molar-refractivity contribution in [3.05, 3.63) is 112 Å². The number of fused-ring (bicyclic) bond motifs is 6. The van der Waals surface area contributed by atoms with Crippen LogP contribution in [0.5, 0.6) is 0 Å². The van der Waals surface area contributed by atoms with Crippen LogP contribution >= 0.6 is 0 Å². The fourth-order valence-corrected chi connectivity index (χ4v) is 6.09. The van der Waals surface area contributed by atoms with E-state index in [0.717, 1.165) is 11.1 Å². The number of halogens is 6. The van der Waals surface area contributed by atoms with Crippen molar-refractivity contribution >= 4 is 5.57 Å². The first-order chi connectivity index (χ1) is 20.9. The lowest BCUT2D eigenvalue weighted by Gasteiger charge is -2.15. The summed E-state index contributed by atoms with van der Waals surface area (Å²) in [4.78, 5) is 0. The van der Waals surface area contributed by atoms with Crippen molar-refractivity contribution < 1.29 is 26.3 Å². The van der Waals surface area contributed by atoms with Gasteiger partial charge < -0.3 is 0 Å². The third-order valence-electron chi connectivity index (χ3n) is 7.97. The van der Waals surface area contributed by atoms with Gasteiger partial charge in [0.15, 0.2) is 0 Å². The van der Waals surface area contributed by atoms with E-state index in [0.29, 0.717) is 39.9 Å². The quantitative estimate of drug-likeness (QED) is 0.151. The van der Waals surface area contributed by atoms with Crippen molar-refractivity contribution in [1.29, 1.82) is 21.0 Å². The molecule has 4 aromatic rings. The van der Waals surface area contributed by atoms with Gasteiger partial charge in [0.1, 0.15) is 23.6 Å². The molecule has 1 atom stereocenters. The summed E-state index contributed by atoms with van der Waals surface area (Å²) in [5.41, 5.74) is 1.32. The van der Waals surface area contributed by atoms with Crippen LogP contribution in [0.25, 0.3) is 39.0 Å². The molecule has 6 rings (SSSR count). The Labute approximate surface area is 246 Å². The van der Waals surface area contributed by atoms with Crippen LogP contribution in [0.2, 0.25) is 0 Å². The minimum absolute atomic E-state index is 0.0191. The van der Waals surface area contributed by atoms with Crippen LogP contribution in [0, 0.1) is 51.2 Å². The Bertz CT molecular complexity index is 2050. The van der Waals surface area contributed by atoms with Gasteiger partial charge in [-0.25, -0.2) is 0 Å². The molecule has 4 aromatic carbocycles. The largest absolute Gasteiger partial charge is 0.416 e. The van der Waals surface area contributed by atoms with Crippen LogP contribution in [0.4, 0.5) is 26.3 Å². The van der Waals surface area contributed by atoms with Crippen molar-refractivity contribution in [3.8, 4) is 57.7 Å². The predicted octanol–water partition coefficient (Wildman–Crippen LogP) is 9.00. The van der Waals surface area contributed by atoms with E-state index in [1.54, 1.807) is 24.3 Å². The fraction of sp³-hybridized carbons (Fsp3) is 0.118. The normalized spacial score (nSPS) is 14.4. The second-order valence-corrected chi connectivity index (χ2v) is 10.3. The first-order valence-electron chi connectivity index (χ1n) is 13.0. The lowest BCUT2D eigenvalue weighted by Crippen LogP contribution is -2.11. The summed E-state index contributed by atoms with van der Waals surface area (Å²) in [5, 5.41) is 39.2. The minimum atomic E-state index is -5.04. The Hall–Kier alpha value is -5.84. The molecule has 0 heterocycles. The summed E-state index contributed by atoms with van der Waals surface area (Å²) in [6, 6.07) is 24.2. The smallest absolute Gasteiger partial charge is 0.197 e. The van der Waals surface area contributed by atoms with Gasteiger partial charge in [0.05, 0.1) is 23.3 Å². The molecule has 0 amide bonds. The number of alkyl halides is 6. The van der Waals surface area contributed by atoms with E-state index in [2.05, 4.69) is 0 Å². The number of allylic oxidation sites excluding steroid dienone is 1. The number of nitriles is 4. The average molecular weight is 593 g/mol. The van der Waals surface area contributed by atoms with Gasteiger partial charge >= 0.3 is 12.4 Å². The fourth-order valence-electron chi connectivity index (χ4n) is 6.09. The van der Waals surface area contributed by atoms with Crippen LogP contribution in [0.3, 0.4) is 0 Å². The summed E-state index contributed by atoms with van der Waals surface area (Å²) in [7, 11) is 0. The summed E-state index contributed by atoms with van der Waals surface area (Å²) < 4.78 is 81.5. The second-order valence-electron chi connectivity index (χ2n) is 10.3. The zero-order chi connectivity index (χ0) is 31.6. The van der Waals surface area contributed by atoms with Gasteiger partial charge in [-0.3, -0.25) is 0 Å². The Morgan fingerprint density at radius 3 is 1.77 bits per heavy atom. The van der Waals surface area contributed by atoms with E-state index in [1.165, 1.54) is 18.2 Å². The van der Waals surface area contributed by atoms with Gasteiger partial charge in [-0.1, -0.05) is 36.4 Å². The maximum atomic E-state index is 13.6. The summed E-state index contributed by atoms with van der Waals surface area (Å²) in [6.07, 6.45) is -10.1. The molecule has 1 unspecified atom stereocenters. The van der Waals surface area contributed by atoms with Crippen molar-refractivity contribution in [2.45, 2.75) is 18.3 Å². The Morgan fingerprint density at radius 2 is 1.18 bits per heavy atom. The molecule has 212 valence electrons. The topological polar surface area (TPSA) is 95.2 Å². The monoisotopic (exact) mass is 592 g/mol. The zero-order valence-corrected chi connectivity index (χ0v) is 22.1. The standard InChI is InChI=1S/C34H14F6N4/c35-33(36,37)21-7-18(8-22(10-21)34(38,39)40)17-5-6-24-27-12-29-26(11-30(27)32(28(24)9-17)20(15-43)16-44)23-3-1-2-4-25(23)31(29)19(13-41)14-42/h1-12,19,31H. The third kappa shape index (κ3) is 4.28. The molecule has 4 nitrogen and oxygen atoms in total. The molecule has 0 fully saturated rings. The van der Waals surface area contributed by atoms with Crippen LogP contribution < -0.4 is 0 Å². The molecule has 10 heteroatoms. The highest BCUT2D eigenvalue weighted by Gasteiger charge is 2.39. The number of benzene rings is 4. The molecule has 2 aliphatic rings. The maximum absolute atomic E-state index is 13.6. The molecule has 0 aliphatic heterocycles. The Morgan fingerprint density at radius 1 is 0.568 bits per heavy atom. The minimum Gasteiger partial charge on any atom is -0.197 e. The Kier molecular flexibility index (Phi) is 6.35. The van der Waals surface area contributed by atoms with Gasteiger partial charge in [0.25, 0.3) is 0 Å². The molecule has 0 spiro atoms. The van der Waals surface area contributed by atoms with Crippen molar-refractivity contribution in [2.24, 2.45) is 5.92 Å². The van der Waals surface area contributed by atoms with Gasteiger partial charge in [-0.05, 0) is 92.0 Å². The van der Waals surface area contributed by atoms with E-state index < -0.39 is 35.3 Å². The van der Waals surface area contributed by atoms with Gasteiger partial charge in [-0.15, -0.1) is 0 Å².